The number of nitriles is 1. The van der Waals surface area contributed by atoms with Crippen molar-refractivity contribution in [2.75, 3.05) is 18.5 Å². The Labute approximate surface area is 102 Å². The molecule has 0 saturated heterocycles. The molecule has 0 unspecified atom stereocenters. The third-order valence-corrected chi connectivity index (χ3v) is 3.25. The van der Waals surface area contributed by atoms with Crippen LogP contribution in [0.25, 0.3) is 0 Å². The lowest BCUT2D eigenvalue weighted by Gasteiger charge is -2.23. The summed E-state index contributed by atoms with van der Waals surface area (Å²) in [7, 11) is 2.03. The molecule has 0 heterocycles. The molecule has 17 heavy (non-hydrogen) atoms. The van der Waals surface area contributed by atoms with E-state index >= 15 is 0 Å². The highest BCUT2D eigenvalue weighted by Gasteiger charge is 2.24. The molecule has 0 amide bonds. The summed E-state index contributed by atoms with van der Waals surface area (Å²) in [6, 6.07) is 7.62. The van der Waals surface area contributed by atoms with Crippen LogP contribution >= 0.6 is 0 Å². The van der Waals surface area contributed by atoms with Gasteiger partial charge in [-0.15, -0.1) is 0 Å². The summed E-state index contributed by atoms with van der Waals surface area (Å²) in [6.07, 6.45) is 2.10. The van der Waals surface area contributed by atoms with Crippen molar-refractivity contribution in [2.24, 2.45) is 5.92 Å². The van der Waals surface area contributed by atoms with Gasteiger partial charge in [-0.25, -0.2) is 0 Å². The monoisotopic (exact) mass is 230 g/mol. The van der Waals surface area contributed by atoms with Crippen molar-refractivity contribution in [3.8, 4) is 6.07 Å². The highest BCUT2D eigenvalue weighted by atomic mass is 16.3. The van der Waals surface area contributed by atoms with Crippen molar-refractivity contribution in [1.82, 2.24) is 0 Å². The Morgan fingerprint density at radius 2 is 2.24 bits per heavy atom. The minimum Gasteiger partial charge on any atom is -0.389 e. The number of nitrogens with zero attached hydrogens (tertiary/aromatic N) is 2. The summed E-state index contributed by atoms with van der Waals surface area (Å²) in [5, 5.41) is 18.7. The summed E-state index contributed by atoms with van der Waals surface area (Å²) in [6.45, 7) is 2.77. The van der Waals surface area contributed by atoms with Crippen molar-refractivity contribution in [3.63, 3.8) is 0 Å². The summed E-state index contributed by atoms with van der Waals surface area (Å²) in [5.74, 6) is 0.785. The topological polar surface area (TPSA) is 47.3 Å². The largest absolute Gasteiger partial charge is 0.389 e. The summed E-state index contributed by atoms with van der Waals surface area (Å²) >= 11 is 0. The highest BCUT2D eigenvalue weighted by Crippen LogP contribution is 2.33. The first kappa shape index (κ1) is 11.9. The second-order valence-electron chi connectivity index (χ2n) is 4.89. The first-order valence-electron chi connectivity index (χ1n) is 6.05. The molecule has 1 aliphatic rings. The molecule has 0 aromatic heterocycles. The van der Waals surface area contributed by atoms with E-state index in [4.69, 9.17) is 5.26 Å². The fraction of sp³-hybridized carbons (Fsp3) is 0.500. The maximum atomic E-state index is 9.76. The van der Waals surface area contributed by atoms with Crippen molar-refractivity contribution >= 4 is 5.69 Å². The maximum Gasteiger partial charge on any atom is 0.0992 e. The molecule has 90 valence electrons. The average molecular weight is 230 g/mol. The minimum atomic E-state index is -0.501. The van der Waals surface area contributed by atoms with Gasteiger partial charge in [0.1, 0.15) is 0 Å². The van der Waals surface area contributed by atoms with Gasteiger partial charge in [-0.1, -0.05) is 6.07 Å². The van der Waals surface area contributed by atoms with E-state index in [1.165, 1.54) is 12.8 Å². The van der Waals surface area contributed by atoms with Crippen LogP contribution in [-0.4, -0.2) is 18.7 Å². The molecule has 2 rings (SSSR count). The smallest absolute Gasteiger partial charge is 0.0992 e. The van der Waals surface area contributed by atoms with Gasteiger partial charge in [0.15, 0.2) is 0 Å². The Kier molecular flexibility index (Phi) is 3.35. The van der Waals surface area contributed by atoms with Gasteiger partial charge < -0.3 is 10.0 Å². The van der Waals surface area contributed by atoms with Crippen LogP contribution < -0.4 is 4.90 Å². The molecule has 1 aliphatic carbocycles. The van der Waals surface area contributed by atoms with E-state index in [1.807, 2.05) is 19.2 Å². The molecule has 0 aliphatic heterocycles. The molecule has 1 fully saturated rings. The lowest BCUT2D eigenvalue weighted by atomic mass is 10.0. The third-order valence-electron chi connectivity index (χ3n) is 3.25. The van der Waals surface area contributed by atoms with Crippen LogP contribution in [0.4, 0.5) is 5.69 Å². The zero-order chi connectivity index (χ0) is 12.4. The molecule has 0 spiro atoms. The second-order valence-corrected chi connectivity index (χ2v) is 4.89. The standard InChI is InChI=1S/C14H18N2O/c1-10(17)13-6-5-12(8-15)7-14(13)16(2)9-11-3-4-11/h5-7,10-11,17H,3-4,9H2,1-2H3/t10-/m0/s1. The molecule has 0 bridgehead atoms. The Bertz CT molecular complexity index is 444. The van der Waals surface area contributed by atoms with Gasteiger partial charge in [0.25, 0.3) is 0 Å². The first-order valence-corrected chi connectivity index (χ1v) is 6.05. The van der Waals surface area contributed by atoms with E-state index in [1.54, 1.807) is 13.0 Å². The van der Waals surface area contributed by atoms with Gasteiger partial charge in [-0.3, -0.25) is 0 Å². The van der Waals surface area contributed by atoms with Crippen LogP contribution in [-0.2, 0) is 0 Å². The maximum absolute atomic E-state index is 9.76. The Hall–Kier alpha value is -1.53. The number of hydrogen-bond acceptors (Lipinski definition) is 3. The quantitative estimate of drug-likeness (QED) is 0.864. The van der Waals surface area contributed by atoms with Crippen molar-refractivity contribution in [2.45, 2.75) is 25.9 Å². The molecule has 3 nitrogen and oxygen atoms in total. The van der Waals surface area contributed by atoms with Gasteiger partial charge in [0, 0.05) is 24.8 Å². The third kappa shape index (κ3) is 2.78. The normalized spacial score (nSPS) is 16.4. The lowest BCUT2D eigenvalue weighted by Crippen LogP contribution is -2.22. The van der Waals surface area contributed by atoms with Crippen LogP contribution in [0.3, 0.4) is 0 Å². The molecule has 1 saturated carbocycles. The molecule has 1 aromatic carbocycles. The van der Waals surface area contributed by atoms with Gasteiger partial charge in [0.05, 0.1) is 17.7 Å². The molecular formula is C14H18N2O. The van der Waals surface area contributed by atoms with E-state index in [2.05, 4.69) is 11.0 Å². The van der Waals surface area contributed by atoms with Gasteiger partial charge in [0.2, 0.25) is 0 Å². The second kappa shape index (κ2) is 4.77. The minimum absolute atomic E-state index is 0.501. The van der Waals surface area contributed by atoms with Crippen LogP contribution in [0.1, 0.15) is 37.0 Å². The Balaban J connectivity index is 2.29. The van der Waals surface area contributed by atoms with Gasteiger partial charge in [-0.05, 0) is 37.8 Å². The number of aliphatic hydroxyl groups is 1. The number of anilines is 1. The average Bonchev–Trinajstić information content (AvgIpc) is 3.11. The molecule has 0 radical (unpaired) electrons. The highest BCUT2D eigenvalue weighted by molar-refractivity contribution is 5.58. The molecular weight excluding hydrogens is 212 g/mol. The first-order chi connectivity index (χ1) is 8.11. The molecule has 1 N–H and O–H groups in total. The van der Waals surface area contributed by atoms with Crippen LogP contribution in [0.15, 0.2) is 18.2 Å². The van der Waals surface area contributed by atoms with Gasteiger partial charge in [-0.2, -0.15) is 5.26 Å². The fourth-order valence-corrected chi connectivity index (χ4v) is 2.08. The number of hydrogen-bond donors (Lipinski definition) is 1. The lowest BCUT2D eigenvalue weighted by molar-refractivity contribution is 0.199. The van der Waals surface area contributed by atoms with Crippen molar-refractivity contribution < 1.29 is 5.11 Å². The predicted molar refractivity (Wildman–Crippen MR) is 67.8 cm³/mol. The van der Waals surface area contributed by atoms with Crippen LogP contribution in [0.2, 0.25) is 0 Å². The summed E-state index contributed by atoms with van der Waals surface area (Å²) in [5.41, 5.74) is 2.52. The van der Waals surface area contributed by atoms with Crippen molar-refractivity contribution in [1.29, 1.82) is 5.26 Å². The van der Waals surface area contributed by atoms with E-state index in [0.717, 1.165) is 23.7 Å². The number of benzene rings is 1. The Morgan fingerprint density at radius 1 is 1.53 bits per heavy atom. The SMILES string of the molecule is C[C@H](O)c1ccc(C#N)cc1N(C)CC1CC1. The van der Waals surface area contributed by atoms with E-state index < -0.39 is 6.10 Å². The predicted octanol–water partition coefficient (Wildman–Crippen LogP) is 2.46. The zero-order valence-electron chi connectivity index (χ0n) is 10.3. The Morgan fingerprint density at radius 3 is 2.76 bits per heavy atom. The summed E-state index contributed by atoms with van der Waals surface area (Å²) < 4.78 is 0. The van der Waals surface area contributed by atoms with E-state index in [9.17, 15) is 5.11 Å². The van der Waals surface area contributed by atoms with E-state index in [0.29, 0.717) is 5.56 Å². The molecule has 3 heteroatoms. The van der Waals surface area contributed by atoms with Crippen LogP contribution in [0.5, 0.6) is 0 Å². The van der Waals surface area contributed by atoms with E-state index in [-0.39, 0.29) is 0 Å². The molecule has 1 aromatic rings. The number of aliphatic hydroxyl groups excluding tert-OH is 1. The molecule has 1 atom stereocenters. The summed E-state index contributed by atoms with van der Waals surface area (Å²) in [4.78, 5) is 2.15. The van der Waals surface area contributed by atoms with Crippen LogP contribution in [0, 0.1) is 17.2 Å². The van der Waals surface area contributed by atoms with Gasteiger partial charge >= 0.3 is 0 Å². The van der Waals surface area contributed by atoms with Crippen molar-refractivity contribution in [3.05, 3.63) is 29.3 Å². The fourth-order valence-electron chi connectivity index (χ4n) is 2.08. The number of rotatable bonds is 4. The zero-order valence-corrected chi connectivity index (χ0v) is 10.3.